The van der Waals surface area contributed by atoms with E-state index >= 15 is 0 Å². The molecule has 2 N–H and O–H groups in total. The van der Waals surface area contributed by atoms with E-state index in [0.717, 1.165) is 43.1 Å². The van der Waals surface area contributed by atoms with Gasteiger partial charge in [-0.3, -0.25) is 14.9 Å². The minimum Gasteiger partial charge on any atom is -0.484 e. The topological polar surface area (TPSA) is 101 Å². The average molecular weight is 470 g/mol. The third-order valence-electron chi connectivity index (χ3n) is 5.61. The first-order valence-corrected chi connectivity index (χ1v) is 10.8. The maximum atomic E-state index is 13.4. The van der Waals surface area contributed by atoms with Crippen molar-refractivity contribution in [2.24, 2.45) is 0 Å². The summed E-state index contributed by atoms with van der Waals surface area (Å²) >= 11 is 0. The predicted molar refractivity (Wildman–Crippen MR) is 118 cm³/mol. The predicted octanol–water partition coefficient (Wildman–Crippen LogP) is 3.83. The molecule has 3 aromatic rings. The number of likely N-dealkylation sites (tertiary alicyclic amines) is 1. The lowest BCUT2D eigenvalue weighted by molar-refractivity contribution is -0.124. The number of carbonyl (C=O) groups excluding carboxylic acids is 1. The van der Waals surface area contributed by atoms with E-state index in [9.17, 15) is 13.6 Å². The van der Waals surface area contributed by atoms with Gasteiger partial charge in [-0.05, 0) is 67.4 Å². The lowest BCUT2D eigenvalue weighted by Crippen LogP contribution is -2.32. The van der Waals surface area contributed by atoms with Crippen LogP contribution in [0, 0.1) is 11.6 Å². The van der Waals surface area contributed by atoms with Gasteiger partial charge in [0.25, 0.3) is 11.8 Å². The Kier molecular flexibility index (Phi) is 7.61. The minimum absolute atomic E-state index is 0.129. The second kappa shape index (κ2) is 11.0. The highest BCUT2D eigenvalue weighted by atomic mass is 19.2. The molecule has 178 valence electrons. The number of ether oxygens (including phenoxy) is 1. The first-order valence-electron chi connectivity index (χ1n) is 10.8. The highest BCUT2D eigenvalue weighted by molar-refractivity contribution is 5.90. The smallest absolute Gasteiger partial charge is 0.267 e. The van der Waals surface area contributed by atoms with Crippen molar-refractivity contribution < 1.29 is 28.0 Å². The molecule has 34 heavy (non-hydrogen) atoms. The molecule has 4 rings (SSSR count). The number of hydrogen-bond donors (Lipinski definition) is 2. The van der Waals surface area contributed by atoms with Crippen molar-refractivity contribution in [2.75, 3.05) is 13.1 Å². The van der Waals surface area contributed by atoms with Crippen LogP contribution in [-0.4, -0.2) is 39.2 Å². The molecule has 1 aliphatic heterocycles. The Morgan fingerprint density at radius 1 is 1.18 bits per heavy atom. The van der Waals surface area contributed by atoms with Crippen LogP contribution in [0.1, 0.15) is 41.6 Å². The number of nitrogens with one attached hydrogen (secondary N) is 1. The summed E-state index contributed by atoms with van der Waals surface area (Å²) in [4.78, 5) is 17.7. The summed E-state index contributed by atoms with van der Waals surface area (Å²) in [5.41, 5.74) is 3.04. The molecule has 8 nitrogen and oxygen atoms in total. The van der Waals surface area contributed by atoms with E-state index in [1.165, 1.54) is 17.6 Å². The van der Waals surface area contributed by atoms with Gasteiger partial charge in [-0.15, -0.1) is 0 Å². The Balaban J connectivity index is 1.24. The Labute approximate surface area is 194 Å². The molecule has 0 bridgehead atoms. The third-order valence-corrected chi connectivity index (χ3v) is 5.61. The number of aromatic nitrogens is 2. The Bertz CT molecular complexity index is 1140. The molecule has 0 unspecified atom stereocenters. The molecule has 0 spiro atoms. The molecule has 0 aliphatic carbocycles. The molecule has 1 aliphatic rings. The van der Waals surface area contributed by atoms with Crippen LogP contribution in [0.3, 0.4) is 0 Å². The normalized spacial score (nSPS) is 15.0. The van der Waals surface area contributed by atoms with Crippen LogP contribution in [0.4, 0.5) is 8.78 Å². The van der Waals surface area contributed by atoms with Gasteiger partial charge >= 0.3 is 0 Å². The molecular formula is C24H24F2N4O4. The van der Waals surface area contributed by atoms with Crippen LogP contribution >= 0.6 is 0 Å². The van der Waals surface area contributed by atoms with Crippen LogP contribution in [0.25, 0.3) is 6.08 Å². The average Bonchev–Trinajstić information content (AvgIpc) is 3.34. The largest absolute Gasteiger partial charge is 0.484 e. The second-order valence-electron chi connectivity index (χ2n) is 8.01. The lowest BCUT2D eigenvalue weighted by Gasteiger charge is -2.30. The molecule has 2 heterocycles. The first kappa shape index (κ1) is 23.5. The maximum Gasteiger partial charge on any atom is 0.267 e. The molecule has 2 aromatic carbocycles. The molecular weight excluding hydrogens is 446 g/mol. The van der Waals surface area contributed by atoms with Crippen molar-refractivity contribution in [3.05, 3.63) is 83.0 Å². The molecule has 10 heteroatoms. The standard InChI is InChI=1S/C24H24F2N4O4/c25-20-7-3-17(13-21(20)26)14-30-11-9-18(10-12-30)24-27-23(34-29-24)15-33-19-5-1-16(2-6-19)4-8-22(31)28-32/h1-8,13,18,32H,9-12,14-15H2,(H,28,31)/b8-4+. The van der Waals surface area contributed by atoms with E-state index in [4.69, 9.17) is 14.5 Å². The van der Waals surface area contributed by atoms with E-state index in [1.54, 1.807) is 36.4 Å². The molecule has 1 saturated heterocycles. The summed E-state index contributed by atoms with van der Waals surface area (Å²) in [6.45, 7) is 2.29. The third kappa shape index (κ3) is 6.24. The zero-order valence-electron chi connectivity index (χ0n) is 18.3. The summed E-state index contributed by atoms with van der Waals surface area (Å²) in [5, 5.41) is 12.6. The molecule has 1 fully saturated rings. The van der Waals surface area contributed by atoms with Crippen molar-refractivity contribution in [3.8, 4) is 5.75 Å². The van der Waals surface area contributed by atoms with Gasteiger partial charge in [-0.1, -0.05) is 23.4 Å². The van der Waals surface area contributed by atoms with Crippen LogP contribution in [0.2, 0.25) is 0 Å². The Hall–Kier alpha value is -3.63. The van der Waals surface area contributed by atoms with Crippen LogP contribution in [0.5, 0.6) is 5.75 Å². The van der Waals surface area contributed by atoms with E-state index in [1.807, 2.05) is 0 Å². The van der Waals surface area contributed by atoms with E-state index in [2.05, 4.69) is 15.0 Å². The van der Waals surface area contributed by atoms with E-state index in [-0.39, 0.29) is 12.5 Å². The summed E-state index contributed by atoms with van der Waals surface area (Å²) in [5.74, 6) is -0.472. The molecule has 0 radical (unpaired) electrons. The summed E-state index contributed by atoms with van der Waals surface area (Å²) < 4.78 is 37.6. The number of halogens is 2. The van der Waals surface area contributed by atoms with E-state index < -0.39 is 17.5 Å². The number of benzene rings is 2. The van der Waals surface area contributed by atoms with Crippen molar-refractivity contribution in [3.63, 3.8) is 0 Å². The number of carbonyl (C=O) groups is 1. The number of nitrogens with zero attached hydrogens (tertiary/aromatic N) is 3. The highest BCUT2D eigenvalue weighted by Crippen LogP contribution is 2.27. The monoisotopic (exact) mass is 470 g/mol. The lowest BCUT2D eigenvalue weighted by atomic mass is 9.96. The van der Waals surface area contributed by atoms with Gasteiger partial charge in [0.1, 0.15) is 5.75 Å². The number of amides is 1. The zero-order valence-corrected chi connectivity index (χ0v) is 18.3. The molecule has 1 aromatic heterocycles. The van der Waals surface area contributed by atoms with Crippen LogP contribution in [0.15, 0.2) is 53.1 Å². The van der Waals surface area contributed by atoms with Gasteiger partial charge in [0.05, 0.1) is 0 Å². The van der Waals surface area contributed by atoms with Crippen LogP contribution < -0.4 is 10.2 Å². The van der Waals surface area contributed by atoms with Crippen LogP contribution in [-0.2, 0) is 17.9 Å². The molecule has 0 saturated carbocycles. The maximum absolute atomic E-state index is 13.4. The number of hydroxylamine groups is 1. The van der Waals surface area contributed by atoms with Gasteiger partial charge in [0, 0.05) is 18.5 Å². The minimum atomic E-state index is -0.835. The fourth-order valence-corrected chi connectivity index (χ4v) is 3.77. The number of rotatable bonds is 8. The van der Waals surface area contributed by atoms with Gasteiger partial charge in [-0.25, -0.2) is 14.3 Å². The van der Waals surface area contributed by atoms with Crippen molar-refractivity contribution in [1.29, 1.82) is 0 Å². The van der Waals surface area contributed by atoms with E-state index in [0.29, 0.717) is 24.0 Å². The SMILES string of the molecule is O=C(/C=C/c1ccc(OCc2nc(C3CCN(Cc4ccc(F)c(F)c4)CC3)no2)cc1)NO. The molecule has 0 atom stereocenters. The van der Waals surface area contributed by atoms with Gasteiger partial charge in [0.15, 0.2) is 24.1 Å². The zero-order chi connectivity index (χ0) is 23.9. The number of hydrogen-bond acceptors (Lipinski definition) is 7. The Morgan fingerprint density at radius 3 is 2.65 bits per heavy atom. The van der Waals surface area contributed by atoms with Gasteiger partial charge in [-0.2, -0.15) is 4.98 Å². The molecule has 1 amide bonds. The van der Waals surface area contributed by atoms with Gasteiger partial charge < -0.3 is 9.26 Å². The summed E-state index contributed by atoms with van der Waals surface area (Å²) in [6, 6.07) is 11.0. The summed E-state index contributed by atoms with van der Waals surface area (Å²) in [6.07, 6.45) is 4.45. The fraction of sp³-hybridized carbons (Fsp3) is 0.292. The highest BCUT2D eigenvalue weighted by Gasteiger charge is 2.25. The first-order chi connectivity index (χ1) is 16.5. The number of piperidine rings is 1. The van der Waals surface area contributed by atoms with Gasteiger partial charge in [0.2, 0.25) is 0 Å². The second-order valence-corrected chi connectivity index (χ2v) is 8.01. The quantitative estimate of drug-likeness (QED) is 0.293. The Morgan fingerprint density at radius 2 is 1.94 bits per heavy atom. The van der Waals surface area contributed by atoms with Crippen molar-refractivity contribution >= 4 is 12.0 Å². The fourth-order valence-electron chi connectivity index (χ4n) is 3.77. The van der Waals surface area contributed by atoms with Crippen molar-refractivity contribution in [2.45, 2.75) is 31.9 Å². The summed E-state index contributed by atoms with van der Waals surface area (Å²) in [7, 11) is 0. The van der Waals surface area contributed by atoms with Crippen molar-refractivity contribution in [1.82, 2.24) is 20.5 Å².